The third kappa shape index (κ3) is 2.77. The Hall–Kier alpha value is -2.84. The second-order valence-corrected chi connectivity index (χ2v) is 5.60. The Kier molecular flexibility index (Phi) is 4.00. The number of aromatic nitrogens is 1. The molecule has 0 bridgehead atoms. The molecular weight excluding hydrogens is 314 g/mol. The molecule has 0 unspecified atom stereocenters. The highest BCUT2D eigenvalue weighted by Gasteiger charge is 2.45. The zero-order valence-corrected chi connectivity index (χ0v) is 12.7. The Bertz CT molecular complexity index is 810. The van der Waals surface area contributed by atoms with Crippen LogP contribution in [0.3, 0.4) is 0 Å². The van der Waals surface area contributed by atoms with E-state index in [4.69, 9.17) is 11.6 Å². The fourth-order valence-electron chi connectivity index (χ4n) is 2.76. The molecule has 2 heterocycles. The molecular formula is C17H13ClN3O2+. The molecule has 0 aliphatic carbocycles. The highest BCUT2D eigenvalue weighted by atomic mass is 35.5. The van der Waals surface area contributed by atoms with Gasteiger partial charge in [-0.3, -0.25) is 10.1 Å². The normalized spacial score (nSPS) is 20.8. The third-order valence-electron chi connectivity index (χ3n) is 3.80. The van der Waals surface area contributed by atoms with Crippen molar-refractivity contribution in [3.8, 4) is 6.07 Å². The fourth-order valence-corrected chi connectivity index (χ4v) is 2.89. The van der Waals surface area contributed by atoms with Crippen molar-refractivity contribution in [2.45, 2.75) is 12.0 Å². The summed E-state index contributed by atoms with van der Waals surface area (Å²) in [5, 5.41) is 22.4. The Morgan fingerprint density at radius 1 is 1.17 bits per heavy atom. The standard InChI is InChI=1S/C17H12ClN3O2/c18-12-6-4-11(5-7-12)14-13(10-19)16(22)20-17(23)15(14)21-8-2-1-3-9-21/h1-9,14-15H,(H-,20,22,23)/p+1/t14-,15-/m1/s1. The van der Waals surface area contributed by atoms with Gasteiger partial charge in [-0.25, -0.2) is 0 Å². The first-order chi connectivity index (χ1) is 11.1. The van der Waals surface area contributed by atoms with Gasteiger partial charge in [-0.2, -0.15) is 9.83 Å². The zero-order valence-electron chi connectivity index (χ0n) is 12.0. The largest absolute Gasteiger partial charge is 0.494 e. The number of allylic oxidation sites excluding steroid dienone is 1. The van der Waals surface area contributed by atoms with Crippen LogP contribution in [0.1, 0.15) is 17.5 Å². The van der Waals surface area contributed by atoms with Crippen molar-refractivity contribution in [3.63, 3.8) is 0 Å². The van der Waals surface area contributed by atoms with E-state index in [2.05, 4.69) is 5.32 Å². The van der Waals surface area contributed by atoms with Gasteiger partial charge in [0.2, 0.25) is 11.9 Å². The fraction of sp³-hybridized carbons (Fsp3) is 0.118. The summed E-state index contributed by atoms with van der Waals surface area (Å²) in [4.78, 5) is 12.5. The van der Waals surface area contributed by atoms with Crippen molar-refractivity contribution < 1.29 is 14.5 Å². The van der Waals surface area contributed by atoms with Gasteiger partial charge in [0.1, 0.15) is 11.6 Å². The van der Waals surface area contributed by atoms with E-state index in [0.717, 1.165) is 5.56 Å². The lowest BCUT2D eigenvalue weighted by Gasteiger charge is -2.27. The molecule has 114 valence electrons. The molecule has 1 amide bonds. The number of nitriles is 1. The number of halogens is 1. The molecule has 2 atom stereocenters. The number of amides is 1. The van der Waals surface area contributed by atoms with Crippen molar-refractivity contribution in [2.24, 2.45) is 0 Å². The molecule has 0 saturated heterocycles. The quantitative estimate of drug-likeness (QED) is 0.832. The van der Waals surface area contributed by atoms with E-state index in [0.29, 0.717) is 5.02 Å². The molecule has 1 aromatic heterocycles. The first kappa shape index (κ1) is 15.1. The van der Waals surface area contributed by atoms with Crippen molar-refractivity contribution in [1.82, 2.24) is 5.32 Å². The predicted molar refractivity (Wildman–Crippen MR) is 83.3 cm³/mol. The SMILES string of the molecule is N#CC1=C(O)NC(=O)[C@H]([n+]2ccccc2)[C@@H]1c1ccc(Cl)cc1. The number of carbonyl (C=O) groups is 1. The van der Waals surface area contributed by atoms with Crippen LogP contribution >= 0.6 is 11.6 Å². The maximum Gasteiger partial charge on any atom is 0.296 e. The summed E-state index contributed by atoms with van der Waals surface area (Å²) in [5.74, 6) is -1.37. The van der Waals surface area contributed by atoms with Crippen LogP contribution in [0, 0.1) is 11.3 Å². The van der Waals surface area contributed by atoms with Gasteiger partial charge in [0.05, 0.1) is 5.92 Å². The molecule has 3 rings (SSSR count). The van der Waals surface area contributed by atoms with Crippen LogP contribution < -0.4 is 9.88 Å². The van der Waals surface area contributed by atoms with Gasteiger partial charge in [0.25, 0.3) is 5.91 Å². The van der Waals surface area contributed by atoms with Crippen LogP contribution in [0.4, 0.5) is 0 Å². The Morgan fingerprint density at radius 3 is 2.43 bits per heavy atom. The van der Waals surface area contributed by atoms with Crippen molar-refractivity contribution >= 4 is 17.5 Å². The van der Waals surface area contributed by atoms with Crippen LogP contribution in [0.25, 0.3) is 0 Å². The van der Waals surface area contributed by atoms with E-state index in [9.17, 15) is 15.2 Å². The minimum Gasteiger partial charge on any atom is -0.494 e. The van der Waals surface area contributed by atoms with Crippen LogP contribution in [0.5, 0.6) is 0 Å². The minimum absolute atomic E-state index is 0.119. The lowest BCUT2D eigenvalue weighted by molar-refractivity contribution is -0.711. The molecule has 5 nitrogen and oxygen atoms in total. The van der Waals surface area contributed by atoms with E-state index in [1.54, 1.807) is 53.4 Å². The number of nitrogens with one attached hydrogen (secondary N) is 1. The summed E-state index contributed by atoms with van der Waals surface area (Å²) in [5.41, 5.74) is 0.849. The van der Waals surface area contributed by atoms with Crippen LogP contribution in [0.15, 0.2) is 66.3 Å². The summed E-state index contributed by atoms with van der Waals surface area (Å²) < 4.78 is 1.72. The average Bonchev–Trinajstić information content (AvgIpc) is 2.56. The summed E-state index contributed by atoms with van der Waals surface area (Å²) in [6.45, 7) is 0. The second-order valence-electron chi connectivity index (χ2n) is 5.16. The van der Waals surface area contributed by atoms with Crippen molar-refractivity contribution in [2.75, 3.05) is 0 Å². The number of benzene rings is 1. The Balaban J connectivity index is 2.18. The van der Waals surface area contributed by atoms with E-state index < -0.39 is 17.8 Å². The number of rotatable bonds is 2. The molecule has 0 radical (unpaired) electrons. The average molecular weight is 327 g/mol. The van der Waals surface area contributed by atoms with Gasteiger partial charge in [-0.15, -0.1) is 0 Å². The molecule has 2 aromatic rings. The first-order valence-corrected chi connectivity index (χ1v) is 7.35. The van der Waals surface area contributed by atoms with Crippen molar-refractivity contribution in [1.29, 1.82) is 5.26 Å². The monoisotopic (exact) mass is 326 g/mol. The van der Waals surface area contributed by atoms with E-state index in [1.165, 1.54) is 0 Å². The zero-order chi connectivity index (χ0) is 16.4. The van der Waals surface area contributed by atoms with Crippen molar-refractivity contribution in [3.05, 3.63) is 76.9 Å². The maximum atomic E-state index is 12.5. The smallest absolute Gasteiger partial charge is 0.296 e. The molecule has 23 heavy (non-hydrogen) atoms. The molecule has 0 fully saturated rings. The highest BCUT2D eigenvalue weighted by Crippen LogP contribution is 2.36. The number of hydrogen-bond acceptors (Lipinski definition) is 3. The van der Waals surface area contributed by atoms with Gasteiger partial charge < -0.3 is 5.11 Å². The number of pyridine rings is 1. The van der Waals surface area contributed by atoms with Gasteiger partial charge in [0, 0.05) is 17.2 Å². The van der Waals surface area contributed by atoms with Gasteiger partial charge >= 0.3 is 0 Å². The minimum atomic E-state index is -0.678. The molecule has 1 aromatic carbocycles. The van der Waals surface area contributed by atoms with Crippen LogP contribution in [-0.2, 0) is 4.79 Å². The summed E-state index contributed by atoms with van der Waals surface area (Å²) in [6, 6.07) is 13.7. The predicted octanol–water partition coefficient (Wildman–Crippen LogP) is 2.38. The molecule has 2 N–H and O–H groups in total. The third-order valence-corrected chi connectivity index (χ3v) is 4.05. The molecule has 0 saturated carbocycles. The first-order valence-electron chi connectivity index (χ1n) is 6.97. The number of hydrogen-bond donors (Lipinski definition) is 2. The molecule has 1 aliphatic rings. The van der Waals surface area contributed by atoms with E-state index >= 15 is 0 Å². The molecule has 1 aliphatic heterocycles. The lowest BCUT2D eigenvalue weighted by Crippen LogP contribution is -2.53. The lowest BCUT2D eigenvalue weighted by atomic mass is 9.82. The van der Waals surface area contributed by atoms with Gasteiger partial charge in [0.15, 0.2) is 12.4 Å². The Labute approximate surface area is 138 Å². The maximum absolute atomic E-state index is 12.5. The summed E-state index contributed by atoms with van der Waals surface area (Å²) in [7, 11) is 0. The van der Waals surface area contributed by atoms with Gasteiger partial charge in [-0.1, -0.05) is 29.8 Å². The topological polar surface area (TPSA) is 77.0 Å². The molecule has 6 heteroatoms. The number of nitrogens with zero attached hydrogens (tertiary/aromatic N) is 2. The summed E-state index contributed by atoms with van der Waals surface area (Å²) >= 11 is 5.92. The van der Waals surface area contributed by atoms with Crippen LogP contribution in [-0.4, -0.2) is 11.0 Å². The highest BCUT2D eigenvalue weighted by molar-refractivity contribution is 6.30. The second kappa shape index (κ2) is 6.11. The van der Waals surface area contributed by atoms with Crippen LogP contribution in [0.2, 0.25) is 5.02 Å². The number of aliphatic hydroxyl groups excluding tert-OH is 1. The van der Waals surface area contributed by atoms with E-state index in [1.807, 2.05) is 12.1 Å². The van der Waals surface area contributed by atoms with E-state index in [-0.39, 0.29) is 11.5 Å². The Morgan fingerprint density at radius 2 is 1.83 bits per heavy atom. The molecule has 0 spiro atoms. The summed E-state index contributed by atoms with van der Waals surface area (Å²) in [6.07, 6.45) is 3.51. The number of carbonyl (C=O) groups excluding carboxylic acids is 1. The number of aliphatic hydroxyl groups is 1. The van der Waals surface area contributed by atoms with Gasteiger partial charge in [-0.05, 0) is 17.7 Å².